The molecule has 2 unspecified atom stereocenters. The first-order valence-corrected chi connectivity index (χ1v) is 6.14. The van der Waals surface area contributed by atoms with Gasteiger partial charge in [-0.3, -0.25) is 5.32 Å². The van der Waals surface area contributed by atoms with Crippen molar-refractivity contribution < 1.29 is 0 Å². The normalized spacial score (nSPS) is 34.4. The van der Waals surface area contributed by atoms with E-state index in [4.69, 9.17) is 0 Å². The Hall–Kier alpha value is -1.00. The third-order valence-electron chi connectivity index (χ3n) is 3.99. The summed E-state index contributed by atoms with van der Waals surface area (Å²) < 4.78 is 0. The van der Waals surface area contributed by atoms with Crippen LogP contribution in [0, 0.1) is 0 Å². The van der Waals surface area contributed by atoms with E-state index in [1.807, 2.05) is 6.07 Å². The van der Waals surface area contributed by atoms with Crippen LogP contribution in [0.15, 0.2) is 18.3 Å². The molecule has 1 saturated heterocycles. The van der Waals surface area contributed by atoms with Gasteiger partial charge in [0.1, 0.15) is 0 Å². The molecule has 2 aliphatic rings. The van der Waals surface area contributed by atoms with Crippen molar-refractivity contribution in [2.24, 2.45) is 0 Å². The molecule has 1 spiro atoms. The van der Waals surface area contributed by atoms with Crippen LogP contribution >= 0.6 is 0 Å². The summed E-state index contributed by atoms with van der Waals surface area (Å²) in [4.78, 5) is 0. The lowest BCUT2D eigenvalue weighted by atomic mass is 9.71. The summed E-state index contributed by atoms with van der Waals surface area (Å²) in [6.45, 7) is 1.99. The summed E-state index contributed by atoms with van der Waals surface area (Å²) in [6, 6.07) is 4.11. The first-order valence-electron chi connectivity index (χ1n) is 6.14. The maximum absolute atomic E-state index is 4.30. The van der Waals surface area contributed by atoms with Crippen LogP contribution < -0.4 is 10.6 Å². The fraction of sp³-hybridized carbons (Fsp3) is 0.667. The topological polar surface area (TPSA) is 49.8 Å². The maximum atomic E-state index is 4.30. The molecule has 1 saturated carbocycles. The molecule has 4 nitrogen and oxygen atoms in total. The molecule has 1 aliphatic heterocycles. The van der Waals surface area contributed by atoms with Gasteiger partial charge in [0.15, 0.2) is 0 Å². The number of nitrogens with zero attached hydrogens (tertiary/aromatic N) is 2. The molecule has 0 aromatic carbocycles. The Bertz CT molecular complexity index is 345. The van der Waals surface area contributed by atoms with Crippen LogP contribution in [-0.4, -0.2) is 28.9 Å². The minimum Gasteiger partial charge on any atom is -0.303 e. The van der Waals surface area contributed by atoms with Gasteiger partial charge in [0.05, 0.1) is 5.69 Å². The van der Waals surface area contributed by atoms with Crippen molar-refractivity contribution in [2.45, 2.75) is 37.1 Å². The van der Waals surface area contributed by atoms with E-state index in [0.29, 0.717) is 5.92 Å². The molecule has 4 heteroatoms. The van der Waals surface area contributed by atoms with Crippen molar-refractivity contribution in [3.63, 3.8) is 0 Å². The largest absolute Gasteiger partial charge is 0.303 e. The predicted molar refractivity (Wildman–Crippen MR) is 62.0 cm³/mol. The molecule has 0 amide bonds. The van der Waals surface area contributed by atoms with Gasteiger partial charge in [0, 0.05) is 30.9 Å². The second-order valence-corrected chi connectivity index (χ2v) is 4.88. The van der Waals surface area contributed by atoms with Crippen molar-refractivity contribution in [1.29, 1.82) is 0 Å². The standard InChI is InChI=1S/C12H18N4/c1-2-6-12(8-13-9-14-12)10(4-1)11-5-3-7-15-16-11/h3,5,7,10,13-14H,1-2,4,6,8-9H2. The Kier molecular flexibility index (Phi) is 2.61. The molecular weight excluding hydrogens is 200 g/mol. The number of rotatable bonds is 1. The van der Waals surface area contributed by atoms with Gasteiger partial charge in [0.2, 0.25) is 0 Å². The quantitative estimate of drug-likeness (QED) is 0.739. The summed E-state index contributed by atoms with van der Waals surface area (Å²) in [5.41, 5.74) is 1.38. The first kappa shape index (κ1) is 10.2. The number of nitrogens with one attached hydrogen (secondary N) is 2. The van der Waals surface area contributed by atoms with E-state index in [2.05, 4.69) is 26.9 Å². The fourth-order valence-electron chi connectivity index (χ4n) is 3.18. The van der Waals surface area contributed by atoms with E-state index >= 15 is 0 Å². The molecule has 1 aromatic rings. The van der Waals surface area contributed by atoms with Crippen LogP contribution in [0.4, 0.5) is 0 Å². The molecule has 2 fully saturated rings. The summed E-state index contributed by atoms with van der Waals surface area (Å²) >= 11 is 0. The highest BCUT2D eigenvalue weighted by atomic mass is 15.2. The summed E-state index contributed by atoms with van der Waals surface area (Å²) in [5.74, 6) is 0.518. The molecule has 16 heavy (non-hydrogen) atoms. The van der Waals surface area contributed by atoms with Gasteiger partial charge in [-0.05, 0) is 25.0 Å². The summed E-state index contributed by atoms with van der Waals surface area (Å²) in [5, 5.41) is 15.4. The molecular formula is C12H18N4. The van der Waals surface area contributed by atoms with E-state index in [-0.39, 0.29) is 5.54 Å². The monoisotopic (exact) mass is 218 g/mol. The Morgan fingerprint density at radius 2 is 2.38 bits per heavy atom. The third kappa shape index (κ3) is 1.62. The van der Waals surface area contributed by atoms with Crippen molar-refractivity contribution in [1.82, 2.24) is 20.8 Å². The van der Waals surface area contributed by atoms with Crippen LogP contribution in [-0.2, 0) is 0 Å². The van der Waals surface area contributed by atoms with E-state index in [0.717, 1.165) is 18.9 Å². The van der Waals surface area contributed by atoms with Crippen LogP contribution in [0.2, 0.25) is 0 Å². The molecule has 0 bridgehead atoms. The van der Waals surface area contributed by atoms with Gasteiger partial charge in [-0.1, -0.05) is 12.8 Å². The fourth-order valence-corrected chi connectivity index (χ4v) is 3.18. The molecule has 2 heterocycles. The second-order valence-electron chi connectivity index (χ2n) is 4.88. The van der Waals surface area contributed by atoms with Crippen molar-refractivity contribution in [3.05, 3.63) is 24.0 Å². The number of aromatic nitrogens is 2. The van der Waals surface area contributed by atoms with E-state index in [1.54, 1.807) is 6.20 Å². The molecule has 3 rings (SSSR count). The zero-order valence-corrected chi connectivity index (χ0v) is 9.45. The van der Waals surface area contributed by atoms with Gasteiger partial charge in [-0.2, -0.15) is 10.2 Å². The lowest BCUT2D eigenvalue weighted by Gasteiger charge is -2.40. The molecule has 2 atom stereocenters. The highest BCUT2D eigenvalue weighted by Gasteiger charge is 2.43. The molecule has 2 N–H and O–H groups in total. The maximum Gasteiger partial charge on any atom is 0.0680 e. The summed E-state index contributed by atoms with van der Waals surface area (Å²) in [6.07, 6.45) is 6.87. The SMILES string of the molecule is c1cnnc(C2CCCCC23CNCN3)c1. The highest BCUT2D eigenvalue weighted by molar-refractivity contribution is 5.18. The van der Waals surface area contributed by atoms with Gasteiger partial charge < -0.3 is 5.32 Å². The average Bonchev–Trinajstić information content (AvgIpc) is 2.80. The smallest absolute Gasteiger partial charge is 0.0680 e. The van der Waals surface area contributed by atoms with Crippen LogP contribution in [0.25, 0.3) is 0 Å². The van der Waals surface area contributed by atoms with E-state index < -0.39 is 0 Å². The molecule has 1 aromatic heterocycles. The average molecular weight is 218 g/mol. The zero-order valence-electron chi connectivity index (χ0n) is 9.45. The van der Waals surface area contributed by atoms with Crippen LogP contribution in [0.3, 0.4) is 0 Å². The lowest BCUT2D eigenvalue weighted by molar-refractivity contribution is 0.232. The minimum atomic E-state index is 0.230. The Balaban J connectivity index is 1.91. The number of hydrogen-bond acceptors (Lipinski definition) is 4. The van der Waals surface area contributed by atoms with Crippen molar-refractivity contribution in [3.8, 4) is 0 Å². The molecule has 1 aliphatic carbocycles. The Labute approximate surface area is 95.8 Å². The van der Waals surface area contributed by atoms with Gasteiger partial charge in [0.25, 0.3) is 0 Å². The second kappa shape index (κ2) is 4.11. The minimum absolute atomic E-state index is 0.230. The lowest BCUT2D eigenvalue weighted by Crippen LogP contribution is -2.50. The van der Waals surface area contributed by atoms with Crippen LogP contribution in [0.1, 0.15) is 37.3 Å². The van der Waals surface area contributed by atoms with Crippen molar-refractivity contribution in [2.75, 3.05) is 13.2 Å². The highest BCUT2D eigenvalue weighted by Crippen LogP contribution is 2.40. The summed E-state index contributed by atoms with van der Waals surface area (Å²) in [7, 11) is 0. The number of hydrogen-bond donors (Lipinski definition) is 2. The molecule has 86 valence electrons. The predicted octanol–water partition coefficient (Wildman–Crippen LogP) is 1.02. The Morgan fingerprint density at radius 1 is 1.38 bits per heavy atom. The third-order valence-corrected chi connectivity index (χ3v) is 3.99. The van der Waals surface area contributed by atoms with Gasteiger partial charge >= 0.3 is 0 Å². The van der Waals surface area contributed by atoms with Gasteiger partial charge in [-0.25, -0.2) is 0 Å². The van der Waals surface area contributed by atoms with Crippen LogP contribution in [0.5, 0.6) is 0 Å². The van der Waals surface area contributed by atoms with E-state index in [9.17, 15) is 0 Å². The zero-order chi connectivity index (χ0) is 10.8. The van der Waals surface area contributed by atoms with E-state index in [1.165, 1.54) is 25.7 Å². The first-order chi connectivity index (χ1) is 7.91. The molecule has 0 radical (unpaired) electrons. The van der Waals surface area contributed by atoms with Crippen molar-refractivity contribution >= 4 is 0 Å². The van der Waals surface area contributed by atoms with Gasteiger partial charge in [-0.15, -0.1) is 0 Å². The Morgan fingerprint density at radius 3 is 3.12 bits per heavy atom.